The van der Waals surface area contributed by atoms with Crippen molar-refractivity contribution in [3.8, 4) is 5.75 Å². The van der Waals surface area contributed by atoms with Crippen LogP contribution in [-0.4, -0.2) is 34.5 Å². The number of halogens is 1. The summed E-state index contributed by atoms with van der Waals surface area (Å²) in [6.45, 7) is 8.42. The molecule has 0 spiro atoms. The number of benzene rings is 3. The van der Waals surface area contributed by atoms with Gasteiger partial charge < -0.3 is 14.4 Å². The van der Waals surface area contributed by atoms with Crippen LogP contribution in [0.3, 0.4) is 0 Å². The average molecular weight is 550 g/mol. The van der Waals surface area contributed by atoms with Crippen molar-refractivity contribution in [1.82, 2.24) is 4.90 Å². The van der Waals surface area contributed by atoms with Gasteiger partial charge in [-0.25, -0.2) is 9.18 Å². The number of carbonyl (C=O) groups excluding carboxylic acids is 1. The summed E-state index contributed by atoms with van der Waals surface area (Å²) < 4.78 is 38.6. The zero-order chi connectivity index (χ0) is 27.9. The molecule has 3 aromatic rings. The molecule has 5 nitrogen and oxygen atoms in total. The summed E-state index contributed by atoms with van der Waals surface area (Å²) in [6.07, 6.45) is 1.40. The van der Waals surface area contributed by atoms with Crippen LogP contribution in [0.25, 0.3) is 0 Å². The Bertz CT molecular complexity index is 1380. The number of fused-ring (bicyclic) bond motifs is 3. The monoisotopic (exact) mass is 549 g/mol. The molecule has 1 saturated carbocycles. The minimum Gasteiger partial charge on any atom is -0.497 e. The van der Waals surface area contributed by atoms with Gasteiger partial charge in [0.1, 0.15) is 17.2 Å². The Morgan fingerprint density at radius 2 is 1.77 bits per heavy atom. The highest BCUT2D eigenvalue weighted by Crippen LogP contribution is 2.68. The summed E-state index contributed by atoms with van der Waals surface area (Å²) in [6, 6.07) is 20.0. The molecule has 0 aliphatic heterocycles. The predicted octanol–water partition coefficient (Wildman–Crippen LogP) is 6.78. The topological polar surface area (TPSA) is 55.8 Å². The first-order chi connectivity index (χ1) is 18.5. The third-order valence-electron chi connectivity index (χ3n) is 7.82. The number of methoxy groups -OCH3 is 1. The number of hydrogen-bond acceptors (Lipinski definition) is 4. The molecule has 1 amide bonds. The quantitative estimate of drug-likeness (QED) is 0.326. The van der Waals surface area contributed by atoms with Gasteiger partial charge in [-0.05, 0) is 99.5 Å². The van der Waals surface area contributed by atoms with Crippen LogP contribution in [0.15, 0.2) is 71.6 Å². The van der Waals surface area contributed by atoms with Crippen molar-refractivity contribution in [3.63, 3.8) is 0 Å². The molecule has 206 valence electrons. The van der Waals surface area contributed by atoms with Gasteiger partial charge in [0, 0.05) is 23.9 Å². The number of aryl methyl sites for hydroxylation is 2. The molecule has 2 aliphatic carbocycles. The van der Waals surface area contributed by atoms with E-state index in [0.29, 0.717) is 18.0 Å². The molecule has 0 aromatic heterocycles. The van der Waals surface area contributed by atoms with E-state index in [1.807, 2.05) is 45.0 Å². The molecule has 4 unspecified atom stereocenters. The van der Waals surface area contributed by atoms with Gasteiger partial charge in [-0.2, -0.15) is 0 Å². The lowest BCUT2D eigenvalue weighted by atomic mass is 9.90. The summed E-state index contributed by atoms with van der Waals surface area (Å²) in [4.78, 5) is 15.8. The lowest BCUT2D eigenvalue weighted by Gasteiger charge is -2.29. The molecule has 0 bridgehead atoms. The van der Waals surface area contributed by atoms with Gasteiger partial charge in [0.05, 0.1) is 22.7 Å². The van der Waals surface area contributed by atoms with Crippen molar-refractivity contribution in [1.29, 1.82) is 0 Å². The maximum Gasteiger partial charge on any atom is 0.410 e. The number of carbonyl (C=O) groups is 1. The first kappa shape index (κ1) is 27.4. The van der Waals surface area contributed by atoms with E-state index in [-0.39, 0.29) is 17.7 Å². The van der Waals surface area contributed by atoms with Gasteiger partial charge in [0.2, 0.25) is 0 Å². The van der Waals surface area contributed by atoms with Crippen molar-refractivity contribution in [2.45, 2.75) is 62.3 Å². The van der Waals surface area contributed by atoms with Gasteiger partial charge in [-0.3, -0.25) is 4.21 Å². The number of amides is 1. The Kier molecular flexibility index (Phi) is 7.31. The highest BCUT2D eigenvalue weighted by Gasteiger charge is 2.71. The van der Waals surface area contributed by atoms with Crippen LogP contribution >= 0.6 is 0 Å². The largest absolute Gasteiger partial charge is 0.497 e. The summed E-state index contributed by atoms with van der Waals surface area (Å²) in [5.41, 5.74) is 3.77. The second-order valence-corrected chi connectivity index (χ2v) is 13.3. The molecule has 2 aliphatic rings. The Labute approximate surface area is 232 Å². The number of nitrogens with zero attached hydrogens (tertiary/aromatic N) is 1. The van der Waals surface area contributed by atoms with Crippen LogP contribution in [0.2, 0.25) is 0 Å². The van der Waals surface area contributed by atoms with Crippen molar-refractivity contribution in [2.24, 2.45) is 11.8 Å². The smallest absolute Gasteiger partial charge is 0.410 e. The van der Waals surface area contributed by atoms with Gasteiger partial charge >= 0.3 is 6.09 Å². The maximum atomic E-state index is 14.4. The minimum atomic E-state index is -1.43. The SMILES string of the molecule is COc1ccc(CN(CC2C3CCc4cc(C)ccc4C32S(=O)c2ccc(F)cc2)C(=O)OC(C)(C)C)cc1. The van der Waals surface area contributed by atoms with E-state index in [2.05, 4.69) is 25.1 Å². The highest BCUT2D eigenvalue weighted by molar-refractivity contribution is 7.86. The van der Waals surface area contributed by atoms with Gasteiger partial charge in [0.15, 0.2) is 0 Å². The third kappa shape index (κ3) is 5.33. The van der Waals surface area contributed by atoms with E-state index in [1.54, 1.807) is 24.1 Å². The molecule has 5 rings (SSSR count). The van der Waals surface area contributed by atoms with Crippen molar-refractivity contribution >= 4 is 16.9 Å². The molecule has 0 heterocycles. The van der Waals surface area contributed by atoms with Crippen molar-refractivity contribution < 1.29 is 22.9 Å². The molecular weight excluding hydrogens is 513 g/mol. The molecule has 3 aromatic carbocycles. The lowest BCUT2D eigenvalue weighted by molar-refractivity contribution is 0.0220. The third-order valence-corrected chi connectivity index (χ3v) is 9.96. The summed E-state index contributed by atoms with van der Waals surface area (Å²) >= 11 is 0. The van der Waals surface area contributed by atoms with Crippen molar-refractivity contribution in [3.05, 3.63) is 94.8 Å². The highest BCUT2D eigenvalue weighted by atomic mass is 32.2. The van der Waals surface area contributed by atoms with Gasteiger partial charge in [-0.15, -0.1) is 0 Å². The molecule has 0 saturated heterocycles. The minimum absolute atomic E-state index is 0.0295. The van der Waals surface area contributed by atoms with Crippen LogP contribution in [-0.2, 0) is 33.2 Å². The van der Waals surface area contributed by atoms with E-state index in [0.717, 1.165) is 29.7 Å². The van der Waals surface area contributed by atoms with E-state index in [9.17, 15) is 13.4 Å². The zero-order valence-electron chi connectivity index (χ0n) is 23.2. The zero-order valence-corrected chi connectivity index (χ0v) is 24.0. The number of hydrogen-bond donors (Lipinski definition) is 0. The fourth-order valence-corrected chi connectivity index (χ4v) is 8.23. The molecule has 7 heteroatoms. The first-order valence-electron chi connectivity index (χ1n) is 13.4. The Hall–Kier alpha value is -3.19. The first-order valence-corrected chi connectivity index (χ1v) is 14.6. The van der Waals surface area contributed by atoms with Crippen LogP contribution in [0, 0.1) is 24.6 Å². The van der Waals surface area contributed by atoms with Gasteiger partial charge in [0.25, 0.3) is 0 Å². The second kappa shape index (κ2) is 10.4. The Morgan fingerprint density at radius 3 is 2.41 bits per heavy atom. The number of ether oxygens (including phenoxy) is 2. The van der Waals surface area contributed by atoms with Crippen LogP contribution in [0.4, 0.5) is 9.18 Å². The molecule has 1 fully saturated rings. The van der Waals surface area contributed by atoms with Crippen molar-refractivity contribution in [2.75, 3.05) is 13.7 Å². The summed E-state index contributed by atoms with van der Waals surface area (Å²) in [5.74, 6) is 0.501. The predicted molar refractivity (Wildman–Crippen MR) is 151 cm³/mol. The Balaban J connectivity index is 1.52. The van der Waals surface area contributed by atoms with Crippen LogP contribution < -0.4 is 4.74 Å². The van der Waals surface area contributed by atoms with Crippen LogP contribution in [0.5, 0.6) is 5.75 Å². The average Bonchev–Trinajstić information content (AvgIpc) is 3.55. The van der Waals surface area contributed by atoms with E-state index in [1.165, 1.54) is 23.3 Å². The van der Waals surface area contributed by atoms with Gasteiger partial charge in [-0.1, -0.05) is 35.9 Å². The van der Waals surface area contributed by atoms with E-state index >= 15 is 0 Å². The van der Waals surface area contributed by atoms with E-state index in [4.69, 9.17) is 9.47 Å². The fraction of sp³-hybridized carbons (Fsp3) is 0.406. The second-order valence-electron chi connectivity index (χ2n) is 11.6. The summed E-state index contributed by atoms with van der Waals surface area (Å²) in [5, 5.41) is 0. The fourth-order valence-electron chi connectivity index (χ4n) is 6.06. The maximum absolute atomic E-state index is 14.4. The standard InChI is InChI=1S/C32H36FNO4S/c1-21-6-16-27-23(18-21)9-17-28-29(32(27,28)39(36)26-14-10-24(33)11-15-26)20-34(30(35)38-31(2,3)4)19-22-7-12-25(37-5)13-8-22/h6-8,10-16,18,28-29H,9,17,19-20H2,1-5H3. The summed E-state index contributed by atoms with van der Waals surface area (Å²) in [7, 11) is 0.193. The molecule has 0 N–H and O–H groups in total. The van der Waals surface area contributed by atoms with Crippen LogP contribution in [0.1, 0.15) is 49.4 Å². The molecule has 39 heavy (non-hydrogen) atoms. The molecule has 0 radical (unpaired) electrons. The Morgan fingerprint density at radius 1 is 1.08 bits per heavy atom. The molecular formula is C32H36FNO4S. The van der Waals surface area contributed by atoms with E-state index < -0.39 is 27.2 Å². The number of rotatable bonds is 7. The molecule has 4 atom stereocenters. The lowest BCUT2D eigenvalue weighted by Crippen LogP contribution is -2.38. The normalized spacial score (nSPS) is 22.3.